The Morgan fingerprint density at radius 2 is 2.05 bits per heavy atom. The quantitative estimate of drug-likeness (QED) is 0.897. The molecule has 0 fully saturated rings. The molecule has 0 saturated heterocycles. The second kappa shape index (κ2) is 5.42. The summed E-state index contributed by atoms with van der Waals surface area (Å²) in [6, 6.07) is 8.77. The van der Waals surface area contributed by atoms with Crippen LogP contribution in [0.2, 0.25) is 5.02 Å². The Morgan fingerprint density at radius 1 is 1.33 bits per heavy atom. The van der Waals surface area contributed by atoms with Crippen LogP contribution >= 0.6 is 22.9 Å². The van der Waals surface area contributed by atoms with Gasteiger partial charge in [-0.3, -0.25) is 4.79 Å². The van der Waals surface area contributed by atoms with Gasteiger partial charge >= 0.3 is 0 Å². The molecule has 8 heteroatoms. The van der Waals surface area contributed by atoms with Crippen LogP contribution < -0.4 is 10.0 Å². The lowest BCUT2D eigenvalue weighted by atomic mass is 10.2. The Bertz CT molecular complexity index is 797. The first-order chi connectivity index (χ1) is 9.95. The van der Waals surface area contributed by atoms with E-state index in [9.17, 15) is 13.2 Å². The van der Waals surface area contributed by atoms with E-state index in [4.69, 9.17) is 11.6 Å². The molecule has 5 nitrogen and oxygen atoms in total. The van der Waals surface area contributed by atoms with Crippen molar-refractivity contribution < 1.29 is 13.2 Å². The summed E-state index contributed by atoms with van der Waals surface area (Å²) < 4.78 is 26.0. The summed E-state index contributed by atoms with van der Waals surface area (Å²) in [5, 5.41) is 3.40. The highest BCUT2D eigenvalue weighted by molar-refractivity contribution is 7.92. The van der Waals surface area contributed by atoms with Crippen molar-refractivity contribution in [2.75, 3.05) is 0 Å². The number of halogens is 1. The Labute approximate surface area is 131 Å². The molecule has 1 aliphatic rings. The first-order valence-electron chi connectivity index (χ1n) is 6.11. The number of amides is 1. The van der Waals surface area contributed by atoms with Crippen molar-refractivity contribution in [3.8, 4) is 0 Å². The van der Waals surface area contributed by atoms with E-state index in [1.165, 1.54) is 0 Å². The fourth-order valence-corrected chi connectivity index (χ4v) is 4.78. The molecule has 1 aliphatic heterocycles. The van der Waals surface area contributed by atoms with Crippen LogP contribution in [-0.4, -0.2) is 14.3 Å². The van der Waals surface area contributed by atoms with Crippen molar-refractivity contribution in [1.82, 2.24) is 10.0 Å². The second-order valence-corrected chi connectivity index (χ2v) is 8.01. The van der Waals surface area contributed by atoms with Crippen molar-refractivity contribution in [3.63, 3.8) is 0 Å². The highest BCUT2D eigenvalue weighted by Gasteiger charge is 2.29. The topological polar surface area (TPSA) is 75.3 Å². The molecule has 1 aromatic heterocycles. The first-order valence-corrected chi connectivity index (χ1v) is 8.78. The minimum absolute atomic E-state index is 0.235. The molecule has 0 aliphatic carbocycles. The lowest BCUT2D eigenvalue weighted by Gasteiger charge is -2.04. The minimum Gasteiger partial charge on any atom is -0.347 e. The third-order valence-corrected chi connectivity index (χ3v) is 6.46. The fourth-order valence-electron chi connectivity index (χ4n) is 1.98. The minimum atomic E-state index is -3.42. The molecule has 0 spiro atoms. The summed E-state index contributed by atoms with van der Waals surface area (Å²) in [5.41, 5.74) is 1.57. The summed E-state index contributed by atoms with van der Waals surface area (Å²) in [5.74, 6) is -0.278. The molecule has 2 N–H and O–H groups in total. The lowest BCUT2D eigenvalue weighted by molar-refractivity contribution is 0.0955. The molecule has 0 bridgehead atoms. The van der Waals surface area contributed by atoms with Crippen LogP contribution in [0, 0.1) is 0 Å². The van der Waals surface area contributed by atoms with Crippen LogP contribution in [0.4, 0.5) is 0 Å². The Kier molecular flexibility index (Phi) is 3.75. The summed E-state index contributed by atoms with van der Waals surface area (Å²) in [6.45, 7) is 0.613. The van der Waals surface area contributed by atoms with Gasteiger partial charge in [0.15, 0.2) is 0 Å². The summed E-state index contributed by atoms with van der Waals surface area (Å²) in [6.07, 6.45) is 0. The van der Waals surface area contributed by atoms with E-state index in [-0.39, 0.29) is 16.7 Å². The number of carbonyl (C=O) groups is 1. The standard InChI is InChI=1S/C13H11ClN2O3S2/c14-10-3-1-8(2-4-10)6-15-12(17)11-5-9-7-16-21(18,19)13(9)20-11/h1-5,16H,6-7H2,(H,15,17). The van der Waals surface area contributed by atoms with Gasteiger partial charge in [-0.15, -0.1) is 11.3 Å². The molecule has 0 unspecified atom stereocenters. The van der Waals surface area contributed by atoms with Crippen LogP contribution in [0.1, 0.15) is 20.8 Å². The molecule has 0 radical (unpaired) electrons. The SMILES string of the molecule is O=C(NCc1ccc(Cl)cc1)c1cc2c(s1)S(=O)(=O)NC2. The molecule has 1 amide bonds. The number of sulfonamides is 1. The largest absolute Gasteiger partial charge is 0.347 e. The van der Waals surface area contributed by atoms with Crippen LogP contribution in [0.25, 0.3) is 0 Å². The van der Waals surface area contributed by atoms with Gasteiger partial charge in [0.05, 0.1) is 4.88 Å². The van der Waals surface area contributed by atoms with E-state index >= 15 is 0 Å². The van der Waals surface area contributed by atoms with E-state index in [2.05, 4.69) is 10.0 Å². The molecule has 110 valence electrons. The zero-order valence-corrected chi connectivity index (χ0v) is 13.1. The Balaban J connectivity index is 1.71. The van der Waals surface area contributed by atoms with Gasteiger partial charge in [-0.25, -0.2) is 13.1 Å². The van der Waals surface area contributed by atoms with Gasteiger partial charge < -0.3 is 5.32 Å². The van der Waals surface area contributed by atoms with Crippen LogP contribution in [-0.2, 0) is 23.1 Å². The maximum absolute atomic E-state index is 12.1. The number of fused-ring (bicyclic) bond motifs is 1. The molecule has 2 heterocycles. The molecule has 1 aromatic carbocycles. The highest BCUT2D eigenvalue weighted by atomic mass is 35.5. The number of hydrogen-bond donors (Lipinski definition) is 2. The smallest absolute Gasteiger partial charge is 0.261 e. The number of thiophene rings is 1. The van der Waals surface area contributed by atoms with E-state index < -0.39 is 10.0 Å². The number of benzene rings is 1. The normalized spacial score (nSPS) is 15.7. The zero-order valence-electron chi connectivity index (χ0n) is 10.7. The van der Waals surface area contributed by atoms with E-state index in [1.54, 1.807) is 18.2 Å². The van der Waals surface area contributed by atoms with E-state index in [0.29, 0.717) is 22.0 Å². The third-order valence-electron chi connectivity index (χ3n) is 3.06. The second-order valence-electron chi connectivity index (χ2n) is 4.56. The van der Waals surface area contributed by atoms with Crippen LogP contribution in [0.5, 0.6) is 0 Å². The number of rotatable bonds is 3. The Morgan fingerprint density at radius 3 is 2.71 bits per heavy atom. The molecule has 21 heavy (non-hydrogen) atoms. The van der Waals surface area contributed by atoms with Gasteiger partial charge in [-0.05, 0) is 29.3 Å². The van der Waals surface area contributed by atoms with E-state index in [1.807, 2.05) is 12.1 Å². The van der Waals surface area contributed by atoms with Gasteiger partial charge in [0.2, 0.25) is 0 Å². The number of hydrogen-bond acceptors (Lipinski definition) is 4. The summed E-state index contributed by atoms with van der Waals surface area (Å²) in [7, 11) is -3.42. The molecule has 3 rings (SSSR count). The molecule has 0 saturated carbocycles. The lowest BCUT2D eigenvalue weighted by Crippen LogP contribution is -2.22. The number of carbonyl (C=O) groups excluding carboxylic acids is 1. The van der Waals surface area contributed by atoms with Gasteiger partial charge in [0, 0.05) is 18.1 Å². The van der Waals surface area contributed by atoms with Gasteiger partial charge in [-0.2, -0.15) is 0 Å². The zero-order chi connectivity index (χ0) is 15.0. The predicted octanol–water partition coefficient (Wildman–Crippen LogP) is 2.12. The van der Waals surface area contributed by atoms with Crippen molar-refractivity contribution >= 4 is 38.9 Å². The first kappa shape index (κ1) is 14.5. The average molecular weight is 343 g/mol. The van der Waals surface area contributed by atoms with Crippen LogP contribution in [0.3, 0.4) is 0 Å². The maximum Gasteiger partial charge on any atom is 0.261 e. The highest BCUT2D eigenvalue weighted by Crippen LogP contribution is 2.31. The monoisotopic (exact) mass is 342 g/mol. The van der Waals surface area contributed by atoms with Crippen molar-refractivity contribution in [3.05, 3.63) is 51.4 Å². The van der Waals surface area contributed by atoms with Gasteiger partial charge in [-0.1, -0.05) is 23.7 Å². The summed E-state index contributed by atoms with van der Waals surface area (Å²) in [4.78, 5) is 12.5. The Hall–Kier alpha value is -1.41. The van der Waals surface area contributed by atoms with Gasteiger partial charge in [0.1, 0.15) is 4.21 Å². The molecule has 2 aromatic rings. The number of nitrogens with one attached hydrogen (secondary N) is 2. The van der Waals surface area contributed by atoms with Gasteiger partial charge in [0.25, 0.3) is 15.9 Å². The molecule has 0 atom stereocenters. The average Bonchev–Trinajstić information content (AvgIpc) is 2.99. The molecular formula is C13H11ClN2O3S2. The fraction of sp³-hybridized carbons (Fsp3) is 0.154. The van der Waals surface area contributed by atoms with Crippen molar-refractivity contribution in [1.29, 1.82) is 0 Å². The maximum atomic E-state index is 12.1. The predicted molar refractivity (Wildman–Crippen MR) is 81.0 cm³/mol. The third kappa shape index (κ3) is 2.96. The van der Waals surface area contributed by atoms with E-state index in [0.717, 1.165) is 16.9 Å². The summed E-state index contributed by atoms with van der Waals surface area (Å²) >= 11 is 6.78. The molecular weight excluding hydrogens is 332 g/mol. The van der Waals surface area contributed by atoms with Crippen LogP contribution in [0.15, 0.2) is 34.5 Å². The van der Waals surface area contributed by atoms with Crippen molar-refractivity contribution in [2.24, 2.45) is 0 Å². The van der Waals surface area contributed by atoms with Crippen molar-refractivity contribution in [2.45, 2.75) is 17.3 Å².